The van der Waals surface area contributed by atoms with Crippen LogP contribution in [0.2, 0.25) is 0 Å². The van der Waals surface area contributed by atoms with E-state index < -0.39 is 0 Å². The third-order valence-electron chi connectivity index (χ3n) is 4.65. The first-order valence-corrected chi connectivity index (χ1v) is 10.5. The minimum atomic E-state index is -0.284. The molecule has 0 spiro atoms. The van der Waals surface area contributed by atoms with E-state index in [0.29, 0.717) is 34.3 Å². The average molecular weight is 411 g/mol. The van der Waals surface area contributed by atoms with Crippen LogP contribution in [-0.2, 0) is 16.1 Å². The Kier molecular flexibility index (Phi) is 5.49. The number of fused-ring (bicyclic) bond motifs is 1. The lowest BCUT2D eigenvalue weighted by Crippen LogP contribution is -2.30. The van der Waals surface area contributed by atoms with Crippen LogP contribution in [0.15, 0.2) is 47.4 Å². The van der Waals surface area contributed by atoms with Crippen molar-refractivity contribution in [2.75, 3.05) is 19.2 Å². The summed E-state index contributed by atoms with van der Waals surface area (Å²) in [5, 5.41) is 0. The van der Waals surface area contributed by atoms with Gasteiger partial charge in [0.05, 0.1) is 23.6 Å². The molecular formula is C22H21NO5S. The molecule has 0 radical (unpaired) electrons. The van der Waals surface area contributed by atoms with Gasteiger partial charge in [0.15, 0.2) is 11.5 Å². The summed E-state index contributed by atoms with van der Waals surface area (Å²) in [6.07, 6.45) is 0. The number of imide groups is 1. The monoisotopic (exact) mass is 411 g/mol. The fourth-order valence-corrected chi connectivity index (χ4v) is 4.21. The molecule has 2 heterocycles. The van der Waals surface area contributed by atoms with E-state index in [9.17, 15) is 9.59 Å². The SMILES string of the molecule is CCOc1ccc(C2=C(SCC)C(=O)N(Cc3ccc4c(c3)OCO4)C2=O)cc1. The number of hydrogen-bond acceptors (Lipinski definition) is 6. The maximum Gasteiger partial charge on any atom is 0.268 e. The van der Waals surface area contributed by atoms with Crippen molar-refractivity contribution in [2.24, 2.45) is 0 Å². The second-order valence-electron chi connectivity index (χ2n) is 6.48. The molecule has 0 saturated carbocycles. The molecule has 0 bridgehead atoms. The maximum absolute atomic E-state index is 13.2. The number of carbonyl (C=O) groups excluding carboxylic acids is 2. The van der Waals surface area contributed by atoms with Crippen LogP contribution in [-0.4, -0.2) is 35.9 Å². The Bertz CT molecular complexity index is 983. The summed E-state index contributed by atoms with van der Waals surface area (Å²) in [5.74, 6) is 2.19. The van der Waals surface area contributed by atoms with Crippen LogP contribution >= 0.6 is 11.8 Å². The van der Waals surface area contributed by atoms with Crippen molar-refractivity contribution in [1.29, 1.82) is 0 Å². The standard InChI is InChI=1S/C22H21NO5S/c1-3-26-16-8-6-15(7-9-16)19-20(29-4-2)22(25)23(21(19)24)12-14-5-10-17-18(11-14)28-13-27-17/h5-11H,3-4,12-13H2,1-2H3. The first-order chi connectivity index (χ1) is 14.1. The second-order valence-corrected chi connectivity index (χ2v) is 7.75. The molecule has 0 fully saturated rings. The molecular weight excluding hydrogens is 390 g/mol. The molecule has 2 aliphatic rings. The van der Waals surface area contributed by atoms with Crippen molar-refractivity contribution in [1.82, 2.24) is 4.90 Å². The number of carbonyl (C=O) groups is 2. The van der Waals surface area contributed by atoms with E-state index in [0.717, 1.165) is 16.9 Å². The molecule has 2 aromatic rings. The highest BCUT2D eigenvalue weighted by Gasteiger charge is 2.39. The van der Waals surface area contributed by atoms with Crippen LogP contribution in [0.3, 0.4) is 0 Å². The van der Waals surface area contributed by atoms with Crippen molar-refractivity contribution < 1.29 is 23.8 Å². The lowest BCUT2D eigenvalue weighted by Gasteiger charge is -2.15. The van der Waals surface area contributed by atoms with Crippen molar-refractivity contribution in [3.05, 3.63) is 58.5 Å². The van der Waals surface area contributed by atoms with Crippen molar-refractivity contribution >= 4 is 29.1 Å². The third-order valence-corrected chi connectivity index (χ3v) is 5.60. The average Bonchev–Trinajstić information content (AvgIpc) is 3.28. The molecule has 0 N–H and O–H groups in total. The number of benzene rings is 2. The molecule has 0 unspecified atom stereocenters. The molecule has 0 aliphatic carbocycles. The Morgan fingerprint density at radius 2 is 1.76 bits per heavy atom. The van der Waals surface area contributed by atoms with Crippen molar-refractivity contribution in [3.8, 4) is 17.2 Å². The molecule has 0 saturated heterocycles. The highest BCUT2D eigenvalue weighted by Crippen LogP contribution is 2.38. The van der Waals surface area contributed by atoms with Gasteiger partial charge in [-0.3, -0.25) is 14.5 Å². The van der Waals surface area contributed by atoms with Gasteiger partial charge in [-0.1, -0.05) is 25.1 Å². The zero-order chi connectivity index (χ0) is 20.4. The molecule has 2 aliphatic heterocycles. The van der Waals surface area contributed by atoms with Gasteiger partial charge in [0.1, 0.15) is 5.75 Å². The first-order valence-electron chi connectivity index (χ1n) is 9.47. The fraction of sp³-hybridized carbons (Fsp3) is 0.273. The Hall–Kier alpha value is -2.93. The molecule has 0 aromatic heterocycles. The summed E-state index contributed by atoms with van der Waals surface area (Å²) in [5.41, 5.74) is 1.98. The summed E-state index contributed by atoms with van der Waals surface area (Å²) >= 11 is 1.39. The minimum Gasteiger partial charge on any atom is -0.494 e. The largest absolute Gasteiger partial charge is 0.494 e. The number of ether oxygens (including phenoxy) is 3. The van der Waals surface area contributed by atoms with Crippen LogP contribution in [0.4, 0.5) is 0 Å². The molecule has 6 nitrogen and oxygen atoms in total. The van der Waals surface area contributed by atoms with Crippen molar-refractivity contribution in [3.63, 3.8) is 0 Å². The van der Waals surface area contributed by atoms with E-state index in [1.54, 1.807) is 6.07 Å². The van der Waals surface area contributed by atoms with Crippen LogP contribution < -0.4 is 14.2 Å². The Morgan fingerprint density at radius 3 is 2.48 bits per heavy atom. The number of hydrogen-bond donors (Lipinski definition) is 0. The van der Waals surface area contributed by atoms with Gasteiger partial charge in [-0.05, 0) is 48.1 Å². The van der Waals surface area contributed by atoms with E-state index in [2.05, 4.69) is 0 Å². The molecule has 150 valence electrons. The molecule has 4 rings (SSSR count). The van der Waals surface area contributed by atoms with Crippen molar-refractivity contribution in [2.45, 2.75) is 20.4 Å². The quantitative estimate of drug-likeness (QED) is 0.645. The van der Waals surface area contributed by atoms with Crippen LogP contribution in [0, 0.1) is 0 Å². The van der Waals surface area contributed by atoms with E-state index in [1.807, 2.05) is 50.2 Å². The number of rotatable bonds is 7. The highest BCUT2D eigenvalue weighted by molar-refractivity contribution is 8.04. The van der Waals surface area contributed by atoms with E-state index in [1.165, 1.54) is 16.7 Å². The van der Waals surface area contributed by atoms with E-state index in [4.69, 9.17) is 14.2 Å². The molecule has 0 atom stereocenters. The number of thioether (sulfide) groups is 1. The van der Waals surface area contributed by atoms with Crippen LogP contribution in [0.1, 0.15) is 25.0 Å². The smallest absolute Gasteiger partial charge is 0.268 e. The predicted octanol–water partition coefficient (Wildman–Crippen LogP) is 3.85. The number of nitrogens with zero attached hydrogens (tertiary/aromatic N) is 1. The third kappa shape index (κ3) is 3.70. The Balaban J connectivity index is 1.62. The lowest BCUT2D eigenvalue weighted by molar-refractivity contribution is -0.137. The van der Waals surface area contributed by atoms with Gasteiger partial charge in [0, 0.05) is 0 Å². The molecule has 2 aromatic carbocycles. The Labute approximate surface area is 173 Å². The Morgan fingerprint density at radius 1 is 1.00 bits per heavy atom. The summed E-state index contributed by atoms with van der Waals surface area (Å²) in [6, 6.07) is 12.7. The van der Waals surface area contributed by atoms with E-state index in [-0.39, 0.29) is 25.2 Å². The summed E-state index contributed by atoms with van der Waals surface area (Å²) in [6.45, 7) is 4.81. The minimum absolute atomic E-state index is 0.182. The topological polar surface area (TPSA) is 65.1 Å². The zero-order valence-corrected chi connectivity index (χ0v) is 17.1. The van der Waals surface area contributed by atoms with Crippen LogP contribution in [0.5, 0.6) is 17.2 Å². The lowest BCUT2D eigenvalue weighted by atomic mass is 10.1. The fourth-order valence-electron chi connectivity index (χ4n) is 3.34. The molecule has 29 heavy (non-hydrogen) atoms. The first kappa shape index (κ1) is 19.4. The second kappa shape index (κ2) is 8.21. The molecule has 7 heteroatoms. The highest BCUT2D eigenvalue weighted by atomic mass is 32.2. The van der Waals surface area contributed by atoms with Gasteiger partial charge < -0.3 is 14.2 Å². The van der Waals surface area contributed by atoms with Gasteiger partial charge >= 0.3 is 0 Å². The number of amides is 2. The summed E-state index contributed by atoms with van der Waals surface area (Å²) in [4.78, 5) is 28.0. The van der Waals surface area contributed by atoms with Gasteiger partial charge in [-0.25, -0.2) is 0 Å². The van der Waals surface area contributed by atoms with Gasteiger partial charge in [0.25, 0.3) is 11.8 Å². The van der Waals surface area contributed by atoms with Gasteiger partial charge in [0.2, 0.25) is 6.79 Å². The maximum atomic E-state index is 13.2. The summed E-state index contributed by atoms with van der Waals surface area (Å²) in [7, 11) is 0. The molecule has 2 amide bonds. The van der Waals surface area contributed by atoms with E-state index >= 15 is 0 Å². The summed E-state index contributed by atoms with van der Waals surface area (Å²) < 4.78 is 16.2. The predicted molar refractivity (Wildman–Crippen MR) is 111 cm³/mol. The normalized spacial score (nSPS) is 15.4. The van der Waals surface area contributed by atoms with Gasteiger partial charge in [-0.15, -0.1) is 11.8 Å². The van der Waals surface area contributed by atoms with Gasteiger partial charge in [-0.2, -0.15) is 0 Å². The zero-order valence-electron chi connectivity index (χ0n) is 16.3. The van der Waals surface area contributed by atoms with Crippen LogP contribution in [0.25, 0.3) is 5.57 Å².